The lowest BCUT2D eigenvalue weighted by Crippen LogP contribution is -2.62. The molecule has 1 unspecified atom stereocenters. The summed E-state index contributed by atoms with van der Waals surface area (Å²) in [5.41, 5.74) is 0.338. The standard InChI is InChI=1S/C13H26N2/c1-13(2)10-14-12(9-15(13)3)11-7-5-4-6-8-11/h11-12,14H,4-10H2,1-3H3. The third kappa shape index (κ3) is 2.54. The van der Waals surface area contributed by atoms with E-state index in [1.165, 1.54) is 38.6 Å². The molecule has 1 saturated carbocycles. The third-order valence-corrected chi connectivity index (χ3v) is 4.52. The van der Waals surface area contributed by atoms with E-state index in [1.54, 1.807) is 0 Å². The van der Waals surface area contributed by atoms with Crippen LogP contribution in [0.2, 0.25) is 0 Å². The van der Waals surface area contributed by atoms with Gasteiger partial charge < -0.3 is 5.32 Å². The fourth-order valence-corrected chi connectivity index (χ4v) is 2.97. The molecule has 2 nitrogen and oxygen atoms in total. The monoisotopic (exact) mass is 210 g/mol. The minimum Gasteiger partial charge on any atom is -0.311 e. The van der Waals surface area contributed by atoms with Crippen LogP contribution in [0.3, 0.4) is 0 Å². The Balaban J connectivity index is 1.90. The average Bonchev–Trinajstić information content (AvgIpc) is 2.23. The first-order valence-electron chi connectivity index (χ1n) is 6.54. The molecule has 2 heteroatoms. The number of hydrogen-bond donors (Lipinski definition) is 1. The molecule has 1 aliphatic carbocycles. The van der Waals surface area contributed by atoms with Crippen LogP contribution in [-0.4, -0.2) is 36.6 Å². The summed E-state index contributed by atoms with van der Waals surface area (Å²) in [6.07, 6.45) is 7.27. The van der Waals surface area contributed by atoms with E-state index >= 15 is 0 Å². The van der Waals surface area contributed by atoms with Gasteiger partial charge in [0.1, 0.15) is 0 Å². The summed E-state index contributed by atoms with van der Waals surface area (Å²) in [6, 6.07) is 0.753. The average molecular weight is 210 g/mol. The Morgan fingerprint density at radius 2 is 1.80 bits per heavy atom. The molecular weight excluding hydrogens is 184 g/mol. The fourth-order valence-electron chi connectivity index (χ4n) is 2.97. The summed E-state index contributed by atoms with van der Waals surface area (Å²) >= 11 is 0. The van der Waals surface area contributed by atoms with Gasteiger partial charge in [0, 0.05) is 24.7 Å². The van der Waals surface area contributed by atoms with Gasteiger partial charge in [-0.3, -0.25) is 4.90 Å². The molecule has 1 aliphatic heterocycles. The van der Waals surface area contributed by atoms with Crippen LogP contribution in [0.1, 0.15) is 46.0 Å². The summed E-state index contributed by atoms with van der Waals surface area (Å²) in [5.74, 6) is 0.942. The number of hydrogen-bond acceptors (Lipinski definition) is 2. The van der Waals surface area contributed by atoms with Crippen LogP contribution >= 0.6 is 0 Å². The van der Waals surface area contributed by atoms with Gasteiger partial charge >= 0.3 is 0 Å². The van der Waals surface area contributed by atoms with Crippen molar-refractivity contribution in [2.75, 3.05) is 20.1 Å². The van der Waals surface area contributed by atoms with Crippen LogP contribution in [0, 0.1) is 5.92 Å². The first-order chi connectivity index (χ1) is 7.09. The molecule has 0 aromatic heterocycles. The van der Waals surface area contributed by atoms with E-state index in [0.717, 1.165) is 18.5 Å². The van der Waals surface area contributed by atoms with Crippen LogP contribution < -0.4 is 5.32 Å². The SMILES string of the molecule is CN1CC(C2CCCCC2)NCC1(C)C. The molecule has 1 atom stereocenters. The zero-order valence-corrected chi connectivity index (χ0v) is 10.6. The quantitative estimate of drug-likeness (QED) is 0.714. The van der Waals surface area contributed by atoms with Gasteiger partial charge in [-0.2, -0.15) is 0 Å². The normalized spacial score (nSPS) is 34.2. The fraction of sp³-hybridized carbons (Fsp3) is 1.00. The van der Waals surface area contributed by atoms with Crippen molar-refractivity contribution in [2.45, 2.75) is 57.5 Å². The maximum Gasteiger partial charge on any atom is 0.0275 e. The Bertz CT molecular complexity index is 207. The summed E-state index contributed by atoms with van der Waals surface area (Å²) < 4.78 is 0. The lowest BCUT2D eigenvalue weighted by molar-refractivity contribution is 0.0676. The number of rotatable bonds is 1. The van der Waals surface area contributed by atoms with Gasteiger partial charge in [0.2, 0.25) is 0 Å². The second-order valence-corrected chi connectivity index (χ2v) is 6.08. The van der Waals surface area contributed by atoms with Crippen LogP contribution in [0.25, 0.3) is 0 Å². The Morgan fingerprint density at radius 1 is 1.13 bits per heavy atom. The van der Waals surface area contributed by atoms with E-state index in [2.05, 4.69) is 31.1 Å². The maximum atomic E-state index is 3.77. The van der Waals surface area contributed by atoms with Gasteiger partial charge in [0.25, 0.3) is 0 Å². The minimum atomic E-state index is 0.338. The highest BCUT2D eigenvalue weighted by atomic mass is 15.2. The van der Waals surface area contributed by atoms with Crippen LogP contribution in [0.5, 0.6) is 0 Å². The molecule has 0 bridgehead atoms. The van der Waals surface area contributed by atoms with E-state index in [9.17, 15) is 0 Å². The van der Waals surface area contributed by atoms with Gasteiger partial charge in [-0.25, -0.2) is 0 Å². The highest BCUT2D eigenvalue weighted by Crippen LogP contribution is 2.29. The first kappa shape index (κ1) is 11.4. The molecule has 0 amide bonds. The van der Waals surface area contributed by atoms with Crippen molar-refractivity contribution in [1.29, 1.82) is 0 Å². The second kappa shape index (κ2) is 4.42. The highest BCUT2D eigenvalue weighted by molar-refractivity contribution is 4.94. The smallest absolute Gasteiger partial charge is 0.0275 e. The van der Waals surface area contributed by atoms with Gasteiger partial charge in [0.15, 0.2) is 0 Å². The Hall–Kier alpha value is -0.0800. The molecule has 1 saturated heterocycles. The molecule has 0 aromatic carbocycles. The van der Waals surface area contributed by atoms with Crippen LogP contribution in [0.15, 0.2) is 0 Å². The van der Waals surface area contributed by atoms with Crippen molar-refractivity contribution >= 4 is 0 Å². The molecular formula is C13H26N2. The van der Waals surface area contributed by atoms with Crippen molar-refractivity contribution in [2.24, 2.45) is 5.92 Å². The van der Waals surface area contributed by atoms with E-state index in [0.29, 0.717) is 5.54 Å². The predicted molar refractivity (Wildman–Crippen MR) is 65.1 cm³/mol. The third-order valence-electron chi connectivity index (χ3n) is 4.52. The first-order valence-corrected chi connectivity index (χ1v) is 6.54. The molecule has 2 rings (SSSR count). The van der Waals surface area contributed by atoms with Crippen molar-refractivity contribution < 1.29 is 0 Å². The van der Waals surface area contributed by atoms with Crippen LogP contribution in [-0.2, 0) is 0 Å². The van der Waals surface area contributed by atoms with Crippen molar-refractivity contribution in [3.05, 3.63) is 0 Å². The highest BCUT2D eigenvalue weighted by Gasteiger charge is 2.34. The topological polar surface area (TPSA) is 15.3 Å². The number of likely N-dealkylation sites (N-methyl/N-ethyl adjacent to an activating group) is 1. The molecule has 88 valence electrons. The lowest BCUT2D eigenvalue weighted by atomic mass is 9.82. The molecule has 1 N–H and O–H groups in total. The summed E-state index contributed by atoms with van der Waals surface area (Å²) in [5, 5.41) is 3.77. The minimum absolute atomic E-state index is 0.338. The van der Waals surface area contributed by atoms with E-state index in [4.69, 9.17) is 0 Å². The molecule has 0 radical (unpaired) electrons. The van der Waals surface area contributed by atoms with Crippen LogP contribution in [0.4, 0.5) is 0 Å². The Labute approximate surface area is 94.4 Å². The van der Waals surface area contributed by atoms with Gasteiger partial charge in [-0.15, -0.1) is 0 Å². The van der Waals surface area contributed by atoms with E-state index < -0.39 is 0 Å². The zero-order valence-electron chi connectivity index (χ0n) is 10.6. The summed E-state index contributed by atoms with van der Waals surface area (Å²) in [7, 11) is 2.27. The molecule has 2 aliphatic rings. The van der Waals surface area contributed by atoms with Crippen molar-refractivity contribution in [3.63, 3.8) is 0 Å². The largest absolute Gasteiger partial charge is 0.311 e. The van der Waals surface area contributed by atoms with Gasteiger partial charge in [-0.1, -0.05) is 19.3 Å². The van der Waals surface area contributed by atoms with Crippen molar-refractivity contribution in [3.8, 4) is 0 Å². The number of nitrogens with zero attached hydrogens (tertiary/aromatic N) is 1. The Kier molecular flexibility index (Phi) is 3.36. The molecule has 0 spiro atoms. The van der Waals surface area contributed by atoms with E-state index in [1.807, 2.05) is 0 Å². The number of nitrogens with one attached hydrogen (secondary N) is 1. The van der Waals surface area contributed by atoms with E-state index in [-0.39, 0.29) is 0 Å². The Morgan fingerprint density at radius 3 is 2.40 bits per heavy atom. The molecule has 15 heavy (non-hydrogen) atoms. The summed E-state index contributed by atoms with van der Waals surface area (Å²) in [4.78, 5) is 2.53. The maximum absolute atomic E-state index is 3.77. The molecule has 2 fully saturated rings. The second-order valence-electron chi connectivity index (χ2n) is 6.08. The number of piperazine rings is 1. The molecule has 0 aromatic rings. The predicted octanol–water partition coefficient (Wildman–Crippen LogP) is 2.25. The van der Waals surface area contributed by atoms with Gasteiger partial charge in [0.05, 0.1) is 0 Å². The zero-order chi connectivity index (χ0) is 10.9. The molecule has 1 heterocycles. The lowest BCUT2D eigenvalue weighted by Gasteiger charge is -2.46. The van der Waals surface area contributed by atoms with Crippen molar-refractivity contribution in [1.82, 2.24) is 10.2 Å². The van der Waals surface area contributed by atoms with Gasteiger partial charge in [-0.05, 0) is 39.7 Å². The summed E-state index contributed by atoms with van der Waals surface area (Å²) in [6.45, 7) is 7.04.